The summed E-state index contributed by atoms with van der Waals surface area (Å²) in [6.07, 6.45) is 0. The average molecular weight is 919 g/mol. The molecule has 0 fully saturated rings. The first-order valence-electron chi connectivity index (χ1n) is 24.1. The Kier molecular flexibility index (Phi) is 8.59. The molecule has 0 N–H and O–H groups in total. The second kappa shape index (κ2) is 15.5. The quantitative estimate of drug-likeness (QED) is 0.166. The normalized spacial score (nSPS) is 11.9. The van der Waals surface area contributed by atoms with Gasteiger partial charge in [-0.15, -0.1) is 0 Å². The molecule has 0 amide bonds. The fraction of sp³-hybridized carbons (Fsp3) is 0. The van der Waals surface area contributed by atoms with Crippen LogP contribution in [-0.4, -0.2) is 23.7 Å². The van der Waals surface area contributed by atoms with Gasteiger partial charge in [0.1, 0.15) is 17.3 Å². The molecule has 0 atom stereocenters. The lowest BCUT2D eigenvalue weighted by Crippen LogP contribution is -2.12. The molecule has 0 aliphatic carbocycles. The zero-order valence-corrected chi connectivity index (χ0v) is 38.5. The smallest absolute Gasteiger partial charge is 0.163 e. The molecule has 15 rings (SSSR count). The van der Waals surface area contributed by atoms with E-state index in [1.165, 1.54) is 0 Å². The van der Waals surface area contributed by atoms with E-state index in [9.17, 15) is 5.26 Å². The van der Waals surface area contributed by atoms with E-state index < -0.39 is 0 Å². The standard InChI is InChI=1S/C65H38N6O/c66-39-50-59-49-31-19-30-48(52-38-51(40-20-3-1-4-21-40)67-65(68-52)41-22-5-2-6-23-41)63(49)72-64(59)62(71-57-36-17-11-28-46(57)47-29-12-18-37-58(47)71)61(70-55-34-15-9-26-44(55)45-27-10-16-35-56(45)70)60(50)69-53-32-13-7-24-42(53)43-25-8-14-33-54(43)69/h1-38H. The van der Waals surface area contributed by atoms with Crippen LogP contribution in [0.5, 0.6) is 0 Å². The van der Waals surface area contributed by atoms with Crippen molar-refractivity contribution in [3.8, 4) is 57.0 Å². The van der Waals surface area contributed by atoms with E-state index >= 15 is 0 Å². The Morgan fingerprint density at radius 1 is 0.347 bits per heavy atom. The molecule has 0 unspecified atom stereocenters. The summed E-state index contributed by atoms with van der Waals surface area (Å²) in [7, 11) is 0. The number of nitriles is 1. The first-order valence-corrected chi connectivity index (χ1v) is 24.1. The van der Waals surface area contributed by atoms with Gasteiger partial charge < -0.3 is 18.1 Å². The van der Waals surface area contributed by atoms with Gasteiger partial charge in [-0.25, -0.2) is 9.97 Å². The molecule has 0 aliphatic heterocycles. The fourth-order valence-electron chi connectivity index (χ4n) is 11.5. The van der Waals surface area contributed by atoms with Gasteiger partial charge in [0.2, 0.25) is 0 Å². The fourth-order valence-corrected chi connectivity index (χ4v) is 11.5. The molecule has 0 aliphatic rings. The summed E-state index contributed by atoms with van der Waals surface area (Å²) in [5, 5.41) is 20.3. The van der Waals surface area contributed by atoms with Crippen molar-refractivity contribution in [2.24, 2.45) is 0 Å². The minimum Gasteiger partial charge on any atom is -0.453 e. The van der Waals surface area contributed by atoms with E-state index in [1.54, 1.807) is 0 Å². The number of hydrogen-bond acceptors (Lipinski definition) is 4. The highest BCUT2D eigenvalue weighted by atomic mass is 16.3. The number of nitrogens with zero attached hydrogens (tertiary/aromatic N) is 6. The van der Waals surface area contributed by atoms with Gasteiger partial charge >= 0.3 is 0 Å². The Morgan fingerprint density at radius 2 is 0.736 bits per heavy atom. The van der Waals surface area contributed by atoms with Crippen molar-refractivity contribution in [1.82, 2.24) is 23.7 Å². The SMILES string of the molecule is N#Cc1c(-n2c3ccccc3c3ccccc32)c(-n2c3ccccc3c3ccccc32)c(-n2c3ccccc3c3ccccc32)c2oc3c(-c4cc(-c5ccccc5)nc(-c5ccccc5)n4)cccc3c12. The van der Waals surface area contributed by atoms with Crippen molar-refractivity contribution >= 4 is 87.4 Å². The minimum absolute atomic E-state index is 0.492. The molecule has 334 valence electrons. The largest absolute Gasteiger partial charge is 0.453 e. The van der Waals surface area contributed by atoms with Crippen molar-refractivity contribution < 1.29 is 4.42 Å². The molecule has 0 saturated heterocycles. The van der Waals surface area contributed by atoms with Crippen LogP contribution in [-0.2, 0) is 0 Å². The van der Waals surface area contributed by atoms with Crippen molar-refractivity contribution in [2.45, 2.75) is 0 Å². The van der Waals surface area contributed by atoms with Crippen molar-refractivity contribution in [1.29, 1.82) is 5.26 Å². The number of rotatable bonds is 6. The molecule has 5 heterocycles. The Balaban J connectivity index is 1.20. The molecular formula is C65H38N6O. The molecule has 7 nitrogen and oxygen atoms in total. The maximum Gasteiger partial charge on any atom is 0.163 e. The number of para-hydroxylation sites is 7. The molecule has 7 heteroatoms. The van der Waals surface area contributed by atoms with E-state index in [1.807, 2.05) is 48.5 Å². The van der Waals surface area contributed by atoms with Crippen LogP contribution in [0.3, 0.4) is 0 Å². The summed E-state index contributed by atoms with van der Waals surface area (Å²) in [5.74, 6) is 0.603. The lowest BCUT2D eigenvalue weighted by atomic mass is 9.98. The van der Waals surface area contributed by atoms with Gasteiger partial charge in [-0.3, -0.25) is 0 Å². The van der Waals surface area contributed by atoms with Crippen LogP contribution in [0.15, 0.2) is 235 Å². The van der Waals surface area contributed by atoms with Gasteiger partial charge in [0.05, 0.1) is 66.8 Å². The van der Waals surface area contributed by atoms with Gasteiger partial charge in [-0.2, -0.15) is 5.26 Å². The van der Waals surface area contributed by atoms with Crippen LogP contribution in [0.25, 0.3) is 138 Å². The Labute approximate surface area is 411 Å². The maximum atomic E-state index is 12.2. The predicted molar refractivity (Wildman–Crippen MR) is 293 cm³/mol. The first kappa shape index (κ1) is 39.9. The van der Waals surface area contributed by atoms with E-state index in [-0.39, 0.29) is 0 Å². The topological polar surface area (TPSA) is 77.5 Å². The van der Waals surface area contributed by atoms with Gasteiger partial charge in [0, 0.05) is 54.4 Å². The van der Waals surface area contributed by atoms with Crippen LogP contribution in [0.1, 0.15) is 5.56 Å². The summed E-state index contributed by atoms with van der Waals surface area (Å²) >= 11 is 0. The van der Waals surface area contributed by atoms with E-state index in [0.717, 1.165) is 110 Å². The molecule has 15 aromatic rings. The van der Waals surface area contributed by atoms with Gasteiger partial charge in [0.25, 0.3) is 0 Å². The molecule has 0 bridgehead atoms. The van der Waals surface area contributed by atoms with E-state index in [2.05, 4.69) is 202 Å². The Morgan fingerprint density at radius 3 is 1.21 bits per heavy atom. The number of fused-ring (bicyclic) bond motifs is 12. The summed E-state index contributed by atoms with van der Waals surface area (Å²) in [5.41, 5.74) is 14.2. The van der Waals surface area contributed by atoms with Crippen molar-refractivity contribution in [2.75, 3.05) is 0 Å². The molecule has 10 aromatic carbocycles. The highest BCUT2D eigenvalue weighted by Crippen LogP contribution is 2.50. The van der Waals surface area contributed by atoms with Crippen molar-refractivity contribution in [3.05, 3.63) is 236 Å². The van der Waals surface area contributed by atoms with Gasteiger partial charge in [0.15, 0.2) is 11.4 Å². The minimum atomic E-state index is 0.492. The highest BCUT2D eigenvalue weighted by molar-refractivity contribution is 6.21. The van der Waals surface area contributed by atoms with Crippen molar-refractivity contribution in [3.63, 3.8) is 0 Å². The number of aromatic nitrogens is 5. The van der Waals surface area contributed by atoms with Gasteiger partial charge in [-0.05, 0) is 48.5 Å². The van der Waals surface area contributed by atoms with Gasteiger partial charge in [-0.1, -0.05) is 182 Å². The monoisotopic (exact) mass is 918 g/mol. The zero-order valence-electron chi connectivity index (χ0n) is 38.5. The third-order valence-corrected chi connectivity index (χ3v) is 14.5. The molecule has 5 aromatic heterocycles. The first-order chi connectivity index (χ1) is 35.7. The van der Waals surface area contributed by atoms with Crippen LogP contribution in [0, 0.1) is 11.3 Å². The summed E-state index contributed by atoms with van der Waals surface area (Å²) < 4.78 is 14.8. The third kappa shape index (κ3) is 5.66. The predicted octanol–water partition coefficient (Wildman–Crippen LogP) is 16.5. The van der Waals surface area contributed by atoms with Crippen LogP contribution in [0.4, 0.5) is 0 Å². The lowest BCUT2D eigenvalue weighted by Gasteiger charge is -2.23. The number of hydrogen-bond donors (Lipinski definition) is 0. The van der Waals surface area contributed by atoms with Crippen LogP contribution in [0.2, 0.25) is 0 Å². The molecule has 72 heavy (non-hydrogen) atoms. The second-order valence-electron chi connectivity index (χ2n) is 18.3. The Bertz CT molecular complexity index is 4540. The Hall–Kier alpha value is -10.0. The maximum absolute atomic E-state index is 12.2. The van der Waals surface area contributed by atoms with E-state index in [4.69, 9.17) is 14.4 Å². The third-order valence-electron chi connectivity index (χ3n) is 14.5. The number of furan rings is 1. The highest BCUT2D eigenvalue weighted by Gasteiger charge is 2.33. The van der Waals surface area contributed by atoms with Crippen LogP contribution < -0.4 is 0 Å². The van der Waals surface area contributed by atoms with E-state index in [0.29, 0.717) is 33.6 Å². The van der Waals surface area contributed by atoms with Crippen LogP contribution >= 0.6 is 0 Å². The lowest BCUT2D eigenvalue weighted by molar-refractivity contribution is 0.666. The number of benzene rings is 10. The molecular weight excluding hydrogens is 881 g/mol. The molecule has 0 radical (unpaired) electrons. The second-order valence-corrected chi connectivity index (χ2v) is 18.3. The summed E-state index contributed by atoms with van der Waals surface area (Å²) in [4.78, 5) is 10.5. The molecule has 0 saturated carbocycles. The zero-order chi connectivity index (χ0) is 47.4. The molecule has 0 spiro atoms. The summed E-state index contributed by atoms with van der Waals surface area (Å²) in [6.45, 7) is 0. The summed E-state index contributed by atoms with van der Waals surface area (Å²) in [6, 6.07) is 82.9. The average Bonchev–Trinajstić information content (AvgIpc) is 4.20.